The second-order valence-corrected chi connectivity index (χ2v) is 9.95. The van der Waals surface area contributed by atoms with E-state index in [9.17, 15) is 40.3 Å². The summed E-state index contributed by atoms with van der Waals surface area (Å²) in [5.74, 6) is -5.44. The summed E-state index contributed by atoms with van der Waals surface area (Å²) in [4.78, 5) is 24.1. The molecule has 208 valence electrons. The first kappa shape index (κ1) is 32.2. The first-order chi connectivity index (χ1) is 17.4. The van der Waals surface area contributed by atoms with Crippen LogP contribution in [-0.2, 0) is 4.79 Å². The van der Waals surface area contributed by atoms with Gasteiger partial charge >= 0.3 is 12.4 Å². The Kier molecular flexibility index (Phi) is 10.9. The van der Waals surface area contributed by atoms with Gasteiger partial charge in [-0.05, 0) is 58.8 Å². The molecule has 4 nitrogen and oxygen atoms in total. The van der Waals surface area contributed by atoms with Crippen molar-refractivity contribution in [1.82, 2.24) is 10.6 Å². The van der Waals surface area contributed by atoms with Crippen LogP contribution < -0.4 is 10.6 Å². The first-order valence-corrected chi connectivity index (χ1v) is 12.4. The summed E-state index contributed by atoms with van der Waals surface area (Å²) in [5, 5.41) is 3.85. The standard InChI is InChI=1S/C23H17BrCl3F7N2O2/c1-10(35-19(37)4-5-22(29,30)31)36-21(38)13-3-2-11(6-15(13)24)18(28)9-14(23(32,33)34)12-7-16(25)20(27)17(26)8-12/h2-3,6-10,14H,4-5H2,1H3,(H,35,37)(H,36,38)/b18-9-/t10-,14?/m1/s1. The van der Waals surface area contributed by atoms with Crippen LogP contribution in [0.4, 0.5) is 30.7 Å². The predicted octanol–water partition coefficient (Wildman–Crippen LogP) is 8.60. The summed E-state index contributed by atoms with van der Waals surface area (Å²) in [5.41, 5.74) is -0.836. The zero-order chi connectivity index (χ0) is 29.0. The van der Waals surface area contributed by atoms with Crippen molar-refractivity contribution in [3.8, 4) is 0 Å². The number of carbonyl (C=O) groups excluding carboxylic acids is 2. The Labute approximate surface area is 235 Å². The lowest BCUT2D eigenvalue weighted by Gasteiger charge is -2.19. The fraction of sp³-hybridized carbons (Fsp3) is 0.304. The van der Waals surface area contributed by atoms with E-state index in [2.05, 4.69) is 26.6 Å². The molecular formula is C23H17BrCl3F7N2O2. The van der Waals surface area contributed by atoms with Gasteiger partial charge in [0.2, 0.25) is 5.91 Å². The molecule has 38 heavy (non-hydrogen) atoms. The van der Waals surface area contributed by atoms with Crippen LogP contribution in [0.5, 0.6) is 0 Å². The lowest BCUT2D eigenvalue weighted by Crippen LogP contribution is -2.46. The third-order valence-corrected chi connectivity index (χ3v) is 6.73. The highest BCUT2D eigenvalue weighted by Crippen LogP contribution is 2.42. The van der Waals surface area contributed by atoms with E-state index in [-0.39, 0.29) is 30.7 Å². The van der Waals surface area contributed by atoms with Crippen LogP contribution >= 0.6 is 50.7 Å². The molecule has 2 rings (SSSR count). The Balaban J connectivity index is 2.21. The third kappa shape index (κ3) is 9.32. The number of amides is 2. The molecule has 2 amide bonds. The number of hydrogen-bond acceptors (Lipinski definition) is 2. The minimum atomic E-state index is -4.92. The molecule has 2 aromatic rings. The van der Waals surface area contributed by atoms with Crippen LogP contribution in [0.3, 0.4) is 0 Å². The van der Waals surface area contributed by atoms with Crippen LogP contribution in [0, 0.1) is 0 Å². The minimum absolute atomic E-state index is 0.00668. The monoisotopic (exact) mass is 670 g/mol. The van der Waals surface area contributed by atoms with Gasteiger partial charge in [-0.2, -0.15) is 26.3 Å². The molecule has 1 unspecified atom stereocenters. The number of nitrogens with one attached hydrogen (secondary N) is 2. The van der Waals surface area contributed by atoms with Crippen LogP contribution in [-0.4, -0.2) is 30.3 Å². The molecule has 15 heteroatoms. The molecular weight excluding hydrogens is 656 g/mol. The van der Waals surface area contributed by atoms with Gasteiger partial charge in [-0.15, -0.1) is 0 Å². The van der Waals surface area contributed by atoms with Crippen LogP contribution in [0.1, 0.15) is 47.2 Å². The average molecular weight is 673 g/mol. The molecule has 0 heterocycles. The normalized spacial score (nSPS) is 14.2. The quantitative estimate of drug-likeness (QED) is 0.168. The number of rotatable bonds is 8. The van der Waals surface area contributed by atoms with Crippen molar-refractivity contribution >= 4 is 68.4 Å². The summed E-state index contributed by atoms with van der Waals surface area (Å²) >= 11 is 20.5. The average Bonchev–Trinajstić information content (AvgIpc) is 2.77. The molecule has 2 N–H and O–H groups in total. The summed E-state index contributed by atoms with van der Waals surface area (Å²) in [6.07, 6.45) is -12.3. The van der Waals surface area contributed by atoms with Crippen molar-refractivity contribution in [1.29, 1.82) is 0 Å². The van der Waals surface area contributed by atoms with Gasteiger partial charge in [0.1, 0.15) is 11.7 Å². The van der Waals surface area contributed by atoms with Gasteiger partial charge in [0.25, 0.3) is 5.91 Å². The Morgan fingerprint density at radius 3 is 2.08 bits per heavy atom. The molecule has 0 fully saturated rings. The van der Waals surface area contributed by atoms with Crippen LogP contribution in [0.2, 0.25) is 15.1 Å². The number of benzene rings is 2. The molecule has 0 bridgehead atoms. The van der Waals surface area contributed by atoms with Crippen molar-refractivity contribution in [3.63, 3.8) is 0 Å². The zero-order valence-corrected chi connectivity index (χ0v) is 22.9. The number of carbonyl (C=O) groups is 2. The van der Waals surface area contributed by atoms with E-state index >= 15 is 0 Å². The maximum Gasteiger partial charge on any atom is 0.399 e. The fourth-order valence-electron chi connectivity index (χ4n) is 3.10. The van der Waals surface area contributed by atoms with Crippen molar-refractivity contribution in [2.24, 2.45) is 0 Å². The largest absolute Gasteiger partial charge is 0.399 e. The van der Waals surface area contributed by atoms with Gasteiger partial charge in [0, 0.05) is 16.5 Å². The number of allylic oxidation sites excluding steroid dienone is 1. The molecule has 0 aliphatic carbocycles. The van der Waals surface area contributed by atoms with E-state index in [4.69, 9.17) is 34.8 Å². The zero-order valence-electron chi connectivity index (χ0n) is 19.0. The lowest BCUT2D eigenvalue weighted by molar-refractivity contribution is -0.144. The smallest absolute Gasteiger partial charge is 0.336 e. The summed E-state index contributed by atoms with van der Waals surface area (Å²) in [7, 11) is 0. The minimum Gasteiger partial charge on any atom is -0.336 e. The van der Waals surface area contributed by atoms with Gasteiger partial charge in [-0.25, -0.2) is 4.39 Å². The van der Waals surface area contributed by atoms with Crippen molar-refractivity contribution in [2.75, 3.05) is 0 Å². The molecule has 0 aliphatic heterocycles. The number of alkyl halides is 6. The van der Waals surface area contributed by atoms with E-state index in [0.29, 0.717) is 6.08 Å². The van der Waals surface area contributed by atoms with E-state index in [1.165, 1.54) is 6.92 Å². The molecule has 0 aromatic heterocycles. The Hall–Kier alpha value is -2.02. The summed E-state index contributed by atoms with van der Waals surface area (Å²) in [6.45, 7) is 1.31. The molecule has 0 spiro atoms. The summed E-state index contributed by atoms with van der Waals surface area (Å²) < 4.78 is 92.8. The van der Waals surface area contributed by atoms with E-state index in [1.54, 1.807) is 0 Å². The van der Waals surface area contributed by atoms with Crippen molar-refractivity contribution in [3.05, 3.63) is 72.6 Å². The molecule has 2 aromatic carbocycles. The molecule has 0 radical (unpaired) electrons. The van der Waals surface area contributed by atoms with Crippen LogP contribution in [0.15, 0.2) is 40.9 Å². The molecule has 0 aliphatic rings. The first-order valence-electron chi connectivity index (χ1n) is 10.4. The number of hydrogen-bond donors (Lipinski definition) is 2. The fourth-order valence-corrected chi connectivity index (χ4v) is 4.28. The maximum atomic E-state index is 14.9. The lowest BCUT2D eigenvalue weighted by atomic mass is 9.96. The van der Waals surface area contributed by atoms with Gasteiger partial charge < -0.3 is 10.6 Å². The predicted molar refractivity (Wildman–Crippen MR) is 134 cm³/mol. The van der Waals surface area contributed by atoms with Crippen molar-refractivity contribution in [2.45, 2.75) is 44.2 Å². The van der Waals surface area contributed by atoms with Gasteiger partial charge in [-0.3, -0.25) is 9.59 Å². The van der Waals surface area contributed by atoms with Gasteiger partial charge in [-0.1, -0.05) is 40.9 Å². The third-order valence-electron chi connectivity index (χ3n) is 4.88. The highest BCUT2D eigenvalue weighted by molar-refractivity contribution is 9.10. The maximum absolute atomic E-state index is 14.9. The molecule has 0 saturated carbocycles. The highest BCUT2D eigenvalue weighted by atomic mass is 79.9. The Morgan fingerprint density at radius 1 is 1.00 bits per heavy atom. The second kappa shape index (κ2) is 12.9. The Morgan fingerprint density at radius 2 is 1.58 bits per heavy atom. The van der Waals surface area contributed by atoms with E-state index in [1.807, 2.05) is 0 Å². The van der Waals surface area contributed by atoms with E-state index < -0.39 is 60.5 Å². The van der Waals surface area contributed by atoms with Gasteiger partial charge in [0.15, 0.2) is 0 Å². The van der Waals surface area contributed by atoms with Gasteiger partial charge in [0.05, 0.1) is 33.2 Å². The van der Waals surface area contributed by atoms with Crippen LogP contribution in [0.25, 0.3) is 5.83 Å². The van der Waals surface area contributed by atoms with E-state index in [0.717, 1.165) is 30.3 Å². The SMILES string of the molecule is C[C@H](NC(=O)CCC(F)(F)F)NC(=O)c1ccc(/C(F)=C/C(c2cc(Cl)c(Cl)c(Cl)c2)C(F)(F)F)cc1Br. The van der Waals surface area contributed by atoms with Crippen molar-refractivity contribution < 1.29 is 40.3 Å². The Bertz CT molecular complexity index is 1210. The summed E-state index contributed by atoms with van der Waals surface area (Å²) in [6, 6.07) is 5.06. The molecule has 2 atom stereocenters. The molecule has 0 saturated heterocycles. The topological polar surface area (TPSA) is 58.2 Å². The highest BCUT2D eigenvalue weighted by Gasteiger charge is 2.40. The second-order valence-electron chi connectivity index (χ2n) is 7.90. The number of halogens is 11.